The number of nitrogen functional groups attached to an aromatic ring is 1. The molecule has 0 bridgehead atoms. The fourth-order valence-corrected chi connectivity index (χ4v) is 2.42. The highest BCUT2D eigenvalue weighted by atomic mass is 79.9. The van der Waals surface area contributed by atoms with Crippen molar-refractivity contribution < 1.29 is 9.90 Å². The van der Waals surface area contributed by atoms with Crippen molar-refractivity contribution in [2.45, 2.75) is 33.2 Å². The van der Waals surface area contributed by atoms with Gasteiger partial charge in [0.1, 0.15) is 0 Å². The molecular formula is C14H21BrN2O2. The number of rotatable bonds is 5. The van der Waals surface area contributed by atoms with E-state index < -0.39 is 0 Å². The van der Waals surface area contributed by atoms with Crippen LogP contribution in [-0.2, 0) is 0 Å². The zero-order chi connectivity index (χ0) is 14.6. The first-order valence-electron chi connectivity index (χ1n) is 6.32. The van der Waals surface area contributed by atoms with Gasteiger partial charge in [0.25, 0.3) is 5.91 Å². The molecule has 106 valence electrons. The Hall–Kier alpha value is -1.07. The van der Waals surface area contributed by atoms with Gasteiger partial charge in [-0.3, -0.25) is 4.79 Å². The Morgan fingerprint density at radius 1 is 1.47 bits per heavy atom. The molecule has 5 heteroatoms. The number of aliphatic hydroxyl groups excluding tert-OH is 1. The first-order valence-corrected chi connectivity index (χ1v) is 7.11. The van der Waals surface area contributed by atoms with Crippen LogP contribution in [-0.4, -0.2) is 23.7 Å². The number of carbonyl (C=O) groups is 1. The van der Waals surface area contributed by atoms with Crippen LogP contribution in [0.5, 0.6) is 0 Å². The molecular weight excluding hydrogens is 308 g/mol. The summed E-state index contributed by atoms with van der Waals surface area (Å²) in [7, 11) is 0. The van der Waals surface area contributed by atoms with Crippen LogP contribution in [0.25, 0.3) is 0 Å². The number of nitrogens with one attached hydrogen (secondary N) is 1. The molecule has 1 amide bonds. The van der Waals surface area contributed by atoms with Crippen molar-refractivity contribution in [1.82, 2.24) is 5.32 Å². The summed E-state index contributed by atoms with van der Waals surface area (Å²) in [6.07, 6.45) is 0.741. The Kier molecular flexibility index (Phi) is 5.82. The molecule has 0 saturated carbocycles. The van der Waals surface area contributed by atoms with E-state index in [2.05, 4.69) is 35.1 Å². The lowest BCUT2D eigenvalue weighted by Crippen LogP contribution is -2.38. The Balaban J connectivity index is 2.88. The zero-order valence-electron chi connectivity index (χ0n) is 11.5. The predicted octanol–water partition coefficient (Wildman–Crippen LogP) is 2.48. The van der Waals surface area contributed by atoms with Gasteiger partial charge in [0.05, 0.1) is 12.6 Å². The molecule has 1 atom stereocenters. The normalized spacial score (nSPS) is 12.5. The number of hydrogen-bond donors (Lipinski definition) is 3. The summed E-state index contributed by atoms with van der Waals surface area (Å²) < 4.78 is 0.769. The Labute approximate surface area is 122 Å². The number of carbonyl (C=O) groups excluding carboxylic acids is 1. The van der Waals surface area contributed by atoms with Crippen LogP contribution < -0.4 is 11.1 Å². The maximum atomic E-state index is 12.2. The van der Waals surface area contributed by atoms with Crippen LogP contribution in [0.2, 0.25) is 0 Å². The lowest BCUT2D eigenvalue weighted by atomic mass is 10.0. The van der Waals surface area contributed by atoms with Gasteiger partial charge in [-0.05, 0) is 37.0 Å². The molecule has 0 spiro atoms. The van der Waals surface area contributed by atoms with E-state index >= 15 is 0 Å². The molecule has 0 aliphatic heterocycles. The summed E-state index contributed by atoms with van der Waals surface area (Å²) in [4.78, 5) is 12.2. The van der Waals surface area contributed by atoms with E-state index in [1.165, 1.54) is 0 Å². The highest BCUT2D eigenvalue weighted by molar-refractivity contribution is 9.10. The third-order valence-corrected chi connectivity index (χ3v) is 3.43. The molecule has 1 rings (SSSR count). The van der Waals surface area contributed by atoms with Crippen LogP contribution in [0.4, 0.5) is 5.69 Å². The van der Waals surface area contributed by atoms with E-state index in [-0.39, 0.29) is 18.6 Å². The van der Waals surface area contributed by atoms with Gasteiger partial charge in [0.2, 0.25) is 0 Å². The van der Waals surface area contributed by atoms with Gasteiger partial charge in [-0.2, -0.15) is 0 Å². The molecule has 19 heavy (non-hydrogen) atoms. The van der Waals surface area contributed by atoms with Gasteiger partial charge in [-0.15, -0.1) is 0 Å². The van der Waals surface area contributed by atoms with Crippen molar-refractivity contribution in [3.8, 4) is 0 Å². The lowest BCUT2D eigenvalue weighted by molar-refractivity contribution is 0.0907. The van der Waals surface area contributed by atoms with Gasteiger partial charge in [0, 0.05) is 15.7 Å². The molecule has 0 aromatic heterocycles. The lowest BCUT2D eigenvalue weighted by Gasteiger charge is -2.19. The molecule has 0 fully saturated rings. The number of aliphatic hydroxyl groups is 1. The topological polar surface area (TPSA) is 75.4 Å². The van der Waals surface area contributed by atoms with E-state index in [1.807, 2.05) is 6.92 Å². The summed E-state index contributed by atoms with van der Waals surface area (Å²) in [5, 5.41) is 12.1. The molecule has 0 radical (unpaired) electrons. The smallest absolute Gasteiger partial charge is 0.251 e. The monoisotopic (exact) mass is 328 g/mol. The average molecular weight is 329 g/mol. The van der Waals surface area contributed by atoms with Gasteiger partial charge in [-0.1, -0.05) is 29.8 Å². The van der Waals surface area contributed by atoms with Crippen molar-refractivity contribution in [1.29, 1.82) is 0 Å². The third-order valence-electron chi connectivity index (χ3n) is 2.97. The molecule has 4 nitrogen and oxygen atoms in total. The Morgan fingerprint density at radius 3 is 2.63 bits per heavy atom. The summed E-state index contributed by atoms with van der Waals surface area (Å²) in [6.45, 7) is 5.86. The van der Waals surface area contributed by atoms with Gasteiger partial charge < -0.3 is 16.2 Å². The molecule has 4 N–H and O–H groups in total. The second-order valence-corrected chi connectivity index (χ2v) is 6.07. The van der Waals surface area contributed by atoms with E-state index in [1.54, 1.807) is 12.1 Å². The van der Waals surface area contributed by atoms with Crippen molar-refractivity contribution >= 4 is 27.5 Å². The SMILES string of the molecule is Cc1c(N)cc(Br)cc1C(=O)NC(CO)CC(C)C. The standard InChI is InChI=1S/C14H21BrN2O2/c1-8(2)4-11(7-18)17-14(19)12-5-10(15)6-13(16)9(12)3/h5-6,8,11,18H,4,7,16H2,1-3H3,(H,17,19). The molecule has 1 aromatic rings. The first-order chi connectivity index (χ1) is 8.85. The van der Waals surface area contributed by atoms with Crippen molar-refractivity contribution in [2.24, 2.45) is 5.92 Å². The summed E-state index contributed by atoms with van der Waals surface area (Å²) >= 11 is 3.33. The van der Waals surface area contributed by atoms with Crippen LogP contribution in [0.1, 0.15) is 36.2 Å². The quantitative estimate of drug-likeness (QED) is 0.727. The second-order valence-electron chi connectivity index (χ2n) is 5.15. The highest BCUT2D eigenvalue weighted by Gasteiger charge is 2.17. The first kappa shape index (κ1) is 16.0. The zero-order valence-corrected chi connectivity index (χ0v) is 13.1. The molecule has 0 aliphatic carbocycles. The number of amides is 1. The second kappa shape index (κ2) is 6.91. The van der Waals surface area contributed by atoms with Crippen LogP contribution >= 0.6 is 15.9 Å². The molecule has 0 saturated heterocycles. The largest absolute Gasteiger partial charge is 0.398 e. The van der Waals surface area contributed by atoms with E-state index in [4.69, 9.17) is 5.73 Å². The number of hydrogen-bond acceptors (Lipinski definition) is 3. The average Bonchev–Trinajstić information content (AvgIpc) is 2.32. The van der Waals surface area contributed by atoms with Crippen LogP contribution in [0.3, 0.4) is 0 Å². The number of benzene rings is 1. The Bertz CT molecular complexity index is 461. The summed E-state index contributed by atoms with van der Waals surface area (Å²) in [6, 6.07) is 3.28. The third kappa shape index (κ3) is 4.51. The minimum Gasteiger partial charge on any atom is -0.398 e. The number of nitrogens with two attached hydrogens (primary N) is 1. The van der Waals surface area contributed by atoms with E-state index in [0.717, 1.165) is 16.5 Å². The predicted molar refractivity (Wildman–Crippen MR) is 81.1 cm³/mol. The molecule has 1 aromatic carbocycles. The summed E-state index contributed by atoms with van der Waals surface area (Å²) in [5.74, 6) is 0.205. The van der Waals surface area contributed by atoms with Crippen molar-refractivity contribution in [2.75, 3.05) is 12.3 Å². The van der Waals surface area contributed by atoms with Crippen molar-refractivity contribution in [3.63, 3.8) is 0 Å². The number of anilines is 1. The molecule has 0 heterocycles. The van der Waals surface area contributed by atoms with Gasteiger partial charge in [0.15, 0.2) is 0 Å². The minimum absolute atomic E-state index is 0.0630. The maximum absolute atomic E-state index is 12.2. The Morgan fingerprint density at radius 2 is 2.11 bits per heavy atom. The fraction of sp³-hybridized carbons (Fsp3) is 0.500. The van der Waals surface area contributed by atoms with Gasteiger partial charge >= 0.3 is 0 Å². The van der Waals surface area contributed by atoms with E-state index in [9.17, 15) is 9.90 Å². The molecule has 0 aliphatic rings. The maximum Gasteiger partial charge on any atom is 0.251 e. The van der Waals surface area contributed by atoms with Crippen molar-refractivity contribution in [3.05, 3.63) is 27.7 Å². The van der Waals surface area contributed by atoms with Gasteiger partial charge in [-0.25, -0.2) is 0 Å². The fourth-order valence-electron chi connectivity index (χ4n) is 1.95. The molecule has 1 unspecified atom stereocenters. The summed E-state index contributed by atoms with van der Waals surface area (Å²) in [5.41, 5.74) is 7.70. The highest BCUT2D eigenvalue weighted by Crippen LogP contribution is 2.23. The van der Waals surface area contributed by atoms with Crippen LogP contribution in [0, 0.1) is 12.8 Å². The van der Waals surface area contributed by atoms with Crippen LogP contribution in [0.15, 0.2) is 16.6 Å². The van der Waals surface area contributed by atoms with E-state index in [0.29, 0.717) is 17.2 Å². The minimum atomic E-state index is -0.230. The number of halogens is 1.